The number of oxime groups is 1. The third-order valence-corrected chi connectivity index (χ3v) is 4.92. The zero-order valence-electron chi connectivity index (χ0n) is 12.6. The molecule has 0 atom stereocenters. The summed E-state index contributed by atoms with van der Waals surface area (Å²) in [6.45, 7) is 5.66. The Bertz CT molecular complexity index is 512. The normalized spacial score (nSPS) is 18.0. The zero-order chi connectivity index (χ0) is 15.4. The molecule has 1 heterocycles. The second-order valence-corrected chi connectivity index (χ2v) is 6.28. The average Bonchev–Trinajstić information content (AvgIpc) is 2.53. The summed E-state index contributed by atoms with van der Waals surface area (Å²) in [4.78, 5) is 4.81. The summed E-state index contributed by atoms with van der Waals surface area (Å²) in [7, 11) is 2.13. The molecular weight excluding hydrogens is 332 g/mol. The van der Waals surface area contributed by atoms with Gasteiger partial charge in [-0.25, -0.2) is 0 Å². The molecule has 1 aliphatic heterocycles. The van der Waals surface area contributed by atoms with Crippen LogP contribution in [-0.4, -0.2) is 48.7 Å². The van der Waals surface area contributed by atoms with Gasteiger partial charge in [-0.15, -0.1) is 0 Å². The molecule has 1 aliphatic rings. The van der Waals surface area contributed by atoms with Gasteiger partial charge in [-0.2, -0.15) is 0 Å². The van der Waals surface area contributed by atoms with Gasteiger partial charge in [0.05, 0.1) is 5.69 Å². The molecule has 0 aromatic heterocycles. The Kier molecular flexibility index (Phi) is 5.47. The number of nitrogens with two attached hydrogens (primary N) is 1. The van der Waals surface area contributed by atoms with Crippen LogP contribution in [0.2, 0.25) is 0 Å². The summed E-state index contributed by atoms with van der Waals surface area (Å²) in [5, 5.41) is 11.8. The van der Waals surface area contributed by atoms with Crippen molar-refractivity contribution in [1.82, 2.24) is 4.90 Å². The molecule has 1 aromatic carbocycles. The summed E-state index contributed by atoms with van der Waals surface area (Å²) < 4.78 is 0.965. The second kappa shape index (κ2) is 7.13. The van der Waals surface area contributed by atoms with E-state index in [1.807, 2.05) is 18.2 Å². The molecule has 5 nitrogen and oxygen atoms in total. The first kappa shape index (κ1) is 16.1. The first-order valence-electron chi connectivity index (χ1n) is 7.29. The lowest BCUT2D eigenvalue weighted by Crippen LogP contribution is -2.43. The van der Waals surface area contributed by atoms with Crippen molar-refractivity contribution < 1.29 is 5.21 Å². The van der Waals surface area contributed by atoms with Crippen LogP contribution in [-0.2, 0) is 0 Å². The predicted molar refractivity (Wildman–Crippen MR) is 90.2 cm³/mol. The van der Waals surface area contributed by atoms with E-state index in [1.54, 1.807) is 0 Å². The molecule has 21 heavy (non-hydrogen) atoms. The molecule has 0 aliphatic carbocycles. The number of benzene rings is 1. The van der Waals surface area contributed by atoms with E-state index in [0.29, 0.717) is 11.6 Å². The van der Waals surface area contributed by atoms with Crippen molar-refractivity contribution in [3.05, 3.63) is 28.2 Å². The summed E-state index contributed by atoms with van der Waals surface area (Å²) in [6, 6.07) is 6.34. The van der Waals surface area contributed by atoms with E-state index in [1.165, 1.54) is 12.8 Å². The molecule has 1 saturated heterocycles. The number of anilines is 1. The Balaban J connectivity index is 2.11. The van der Waals surface area contributed by atoms with Gasteiger partial charge in [0.25, 0.3) is 0 Å². The van der Waals surface area contributed by atoms with Gasteiger partial charge in [0.2, 0.25) is 0 Å². The minimum atomic E-state index is 0.126. The summed E-state index contributed by atoms with van der Waals surface area (Å²) in [5.41, 5.74) is 7.47. The molecule has 1 aromatic rings. The van der Waals surface area contributed by atoms with Crippen molar-refractivity contribution in [1.29, 1.82) is 0 Å². The maximum Gasteiger partial charge on any atom is 0.170 e. The lowest BCUT2D eigenvalue weighted by Gasteiger charge is -2.37. The molecule has 0 saturated carbocycles. The van der Waals surface area contributed by atoms with Gasteiger partial charge < -0.3 is 20.7 Å². The highest BCUT2D eigenvalue weighted by Crippen LogP contribution is 2.30. The largest absolute Gasteiger partial charge is 0.409 e. The van der Waals surface area contributed by atoms with Gasteiger partial charge >= 0.3 is 0 Å². The van der Waals surface area contributed by atoms with E-state index in [0.717, 1.165) is 29.8 Å². The number of amidine groups is 1. The van der Waals surface area contributed by atoms with E-state index < -0.39 is 0 Å². The van der Waals surface area contributed by atoms with Gasteiger partial charge in [-0.05, 0) is 53.5 Å². The Morgan fingerprint density at radius 3 is 2.67 bits per heavy atom. The summed E-state index contributed by atoms with van der Waals surface area (Å²) in [6.07, 6.45) is 2.36. The molecule has 0 radical (unpaired) electrons. The molecule has 0 unspecified atom stereocenters. The number of rotatable bonds is 4. The minimum absolute atomic E-state index is 0.126. The fourth-order valence-corrected chi connectivity index (χ4v) is 3.49. The number of likely N-dealkylation sites (tertiary alicyclic amines) is 1. The van der Waals surface area contributed by atoms with Gasteiger partial charge in [-0.3, -0.25) is 0 Å². The molecule has 0 amide bonds. The van der Waals surface area contributed by atoms with Crippen LogP contribution in [0.4, 0.5) is 5.69 Å². The number of halogens is 1. The van der Waals surface area contributed by atoms with Crippen molar-refractivity contribution in [3.63, 3.8) is 0 Å². The van der Waals surface area contributed by atoms with Crippen LogP contribution in [0.1, 0.15) is 25.3 Å². The molecule has 0 bridgehead atoms. The Hall–Kier alpha value is -1.27. The smallest absolute Gasteiger partial charge is 0.170 e. The van der Waals surface area contributed by atoms with Crippen LogP contribution in [0, 0.1) is 0 Å². The van der Waals surface area contributed by atoms with E-state index in [4.69, 9.17) is 10.9 Å². The molecule has 116 valence electrons. The third kappa shape index (κ3) is 3.68. The van der Waals surface area contributed by atoms with Crippen molar-refractivity contribution in [3.8, 4) is 0 Å². The molecule has 6 heteroatoms. The highest BCUT2D eigenvalue weighted by atomic mass is 79.9. The van der Waals surface area contributed by atoms with Crippen molar-refractivity contribution >= 4 is 27.5 Å². The quantitative estimate of drug-likeness (QED) is 0.377. The van der Waals surface area contributed by atoms with Crippen LogP contribution >= 0.6 is 15.9 Å². The molecule has 3 N–H and O–H groups in total. The number of nitrogens with zero attached hydrogens (tertiary/aromatic N) is 3. The summed E-state index contributed by atoms with van der Waals surface area (Å²) >= 11 is 3.59. The third-order valence-electron chi connectivity index (χ3n) is 4.28. The maximum absolute atomic E-state index is 8.74. The fraction of sp³-hybridized carbons (Fsp3) is 0.533. The van der Waals surface area contributed by atoms with Crippen LogP contribution in [0.15, 0.2) is 27.8 Å². The van der Waals surface area contributed by atoms with Crippen LogP contribution in [0.5, 0.6) is 0 Å². The van der Waals surface area contributed by atoms with Gasteiger partial charge in [0.15, 0.2) is 5.84 Å². The van der Waals surface area contributed by atoms with E-state index in [9.17, 15) is 0 Å². The Labute approximate surface area is 134 Å². The lowest BCUT2D eigenvalue weighted by atomic mass is 10.0. The number of hydrogen-bond donors (Lipinski definition) is 2. The predicted octanol–water partition coefficient (Wildman–Crippen LogP) is 2.46. The Morgan fingerprint density at radius 1 is 1.48 bits per heavy atom. The zero-order valence-corrected chi connectivity index (χ0v) is 14.2. The average molecular weight is 355 g/mol. The molecule has 1 fully saturated rings. The van der Waals surface area contributed by atoms with Crippen molar-refractivity contribution in [2.45, 2.75) is 25.8 Å². The fourth-order valence-electron chi connectivity index (χ4n) is 2.83. The minimum Gasteiger partial charge on any atom is -0.409 e. The first-order valence-corrected chi connectivity index (χ1v) is 8.08. The van der Waals surface area contributed by atoms with Crippen LogP contribution in [0.25, 0.3) is 0 Å². The number of hydrogen-bond acceptors (Lipinski definition) is 4. The van der Waals surface area contributed by atoms with Gasteiger partial charge in [-0.1, -0.05) is 12.1 Å². The monoisotopic (exact) mass is 354 g/mol. The SMILES string of the molecule is CCN1CCC(N(C)c2ccc(/C(N)=N/O)cc2Br)CC1. The second-order valence-electron chi connectivity index (χ2n) is 5.43. The van der Waals surface area contributed by atoms with E-state index >= 15 is 0 Å². The van der Waals surface area contributed by atoms with Crippen molar-refractivity contribution in [2.75, 3.05) is 31.6 Å². The number of piperidine rings is 1. The highest BCUT2D eigenvalue weighted by molar-refractivity contribution is 9.10. The first-order chi connectivity index (χ1) is 10.1. The highest BCUT2D eigenvalue weighted by Gasteiger charge is 2.23. The molecular formula is C15H23BrN4O. The van der Waals surface area contributed by atoms with Crippen LogP contribution < -0.4 is 10.6 Å². The van der Waals surface area contributed by atoms with Gasteiger partial charge in [0.1, 0.15) is 0 Å². The molecule has 2 rings (SSSR count). The Morgan fingerprint density at radius 2 is 2.14 bits per heavy atom. The van der Waals surface area contributed by atoms with E-state index in [-0.39, 0.29) is 5.84 Å². The van der Waals surface area contributed by atoms with Gasteiger partial charge in [0, 0.05) is 36.2 Å². The molecule has 0 spiro atoms. The standard InChI is InChI=1S/C15H23BrN4O/c1-3-20-8-6-12(7-9-20)19(2)14-5-4-11(10-13(14)16)15(17)18-21/h4-5,10,12,21H,3,6-9H2,1-2H3,(H2,17,18). The topological polar surface area (TPSA) is 65.1 Å². The van der Waals surface area contributed by atoms with E-state index in [2.05, 4.69) is 44.9 Å². The van der Waals surface area contributed by atoms with Crippen LogP contribution in [0.3, 0.4) is 0 Å². The van der Waals surface area contributed by atoms with Crippen molar-refractivity contribution in [2.24, 2.45) is 10.9 Å². The summed E-state index contributed by atoms with van der Waals surface area (Å²) in [5.74, 6) is 0.126. The lowest BCUT2D eigenvalue weighted by molar-refractivity contribution is 0.221. The maximum atomic E-state index is 8.74.